The minimum absolute atomic E-state index is 0.00122. The number of ether oxygens (including phenoxy) is 1. The number of carboxylic acid groups (broad SMARTS) is 1. The summed E-state index contributed by atoms with van der Waals surface area (Å²) in [5, 5.41) is 8.85. The van der Waals surface area contributed by atoms with Gasteiger partial charge in [0.15, 0.2) is 0 Å². The fourth-order valence-electron chi connectivity index (χ4n) is 2.02. The molecule has 1 atom stereocenters. The highest BCUT2D eigenvalue weighted by atomic mass is 16.5. The first-order valence-electron chi connectivity index (χ1n) is 6.78. The van der Waals surface area contributed by atoms with Gasteiger partial charge in [-0.1, -0.05) is 24.3 Å². The van der Waals surface area contributed by atoms with E-state index in [0.717, 1.165) is 22.4 Å². The molecule has 0 spiro atoms. The van der Waals surface area contributed by atoms with Crippen LogP contribution in [0, 0.1) is 6.92 Å². The summed E-state index contributed by atoms with van der Waals surface area (Å²) in [6.45, 7) is 4.33. The maximum atomic E-state index is 10.8. The smallest absolute Gasteiger partial charge is 0.335 e. The second-order valence-corrected chi connectivity index (χ2v) is 5.10. The molecule has 0 unspecified atom stereocenters. The van der Waals surface area contributed by atoms with Gasteiger partial charge in [-0.25, -0.2) is 4.79 Å². The lowest BCUT2D eigenvalue weighted by Gasteiger charge is -2.12. The summed E-state index contributed by atoms with van der Waals surface area (Å²) in [6, 6.07) is 12.6. The zero-order chi connectivity index (χ0) is 15.4. The Morgan fingerprint density at radius 3 is 2.43 bits per heavy atom. The third-order valence-corrected chi connectivity index (χ3v) is 3.32. The Morgan fingerprint density at radius 2 is 1.90 bits per heavy atom. The van der Waals surface area contributed by atoms with Crippen molar-refractivity contribution < 1.29 is 14.6 Å². The van der Waals surface area contributed by atoms with Crippen molar-refractivity contribution in [2.45, 2.75) is 26.5 Å². The number of hydrogen-bond donors (Lipinski definition) is 2. The summed E-state index contributed by atoms with van der Waals surface area (Å²) in [7, 11) is 0. The fourth-order valence-corrected chi connectivity index (χ4v) is 2.02. The van der Waals surface area contributed by atoms with Crippen molar-refractivity contribution in [3.8, 4) is 5.75 Å². The first-order valence-corrected chi connectivity index (χ1v) is 6.78. The van der Waals surface area contributed by atoms with E-state index in [2.05, 4.69) is 0 Å². The van der Waals surface area contributed by atoms with E-state index < -0.39 is 5.97 Å². The molecule has 0 amide bonds. The quantitative estimate of drug-likeness (QED) is 0.884. The molecule has 2 aromatic carbocycles. The third kappa shape index (κ3) is 3.83. The normalized spacial score (nSPS) is 12.0. The topological polar surface area (TPSA) is 72.5 Å². The number of nitrogens with two attached hydrogens (primary N) is 1. The van der Waals surface area contributed by atoms with Crippen LogP contribution in [0.2, 0.25) is 0 Å². The monoisotopic (exact) mass is 285 g/mol. The number of carboxylic acids is 1. The van der Waals surface area contributed by atoms with Crippen LogP contribution in [0.25, 0.3) is 0 Å². The molecule has 21 heavy (non-hydrogen) atoms. The van der Waals surface area contributed by atoms with Gasteiger partial charge in [-0.3, -0.25) is 0 Å². The van der Waals surface area contributed by atoms with Crippen molar-refractivity contribution in [1.82, 2.24) is 0 Å². The lowest BCUT2D eigenvalue weighted by Crippen LogP contribution is -2.05. The highest BCUT2D eigenvalue weighted by Gasteiger charge is 2.06. The van der Waals surface area contributed by atoms with Crippen LogP contribution < -0.4 is 10.5 Å². The number of aromatic carboxylic acids is 1. The molecule has 4 heteroatoms. The van der Waals surface area contributed by atoms with E-state index in [1.54, 1.807) is 24.3 Å². The van der Waals surface area contributed by atoms with Crippen LogP contribution in [0.15, 0.2) is 42.5 Å². The Morgan fingerprint density at radius 1 is 1.24 bits per heavy atom. The Balaban J connectivity index is 2.04. The minimum Gasteiger partial charge on any atom is -0.489 e. The van der Waals surface area contributed by atoms with Gasteiger partial charge in [0.25, 0.3) is 0 Å². The van der Waals surface area contributed by atoms with Gasteiger partial charge in [0.2, 0.25) is 0 Å². The number of carbonyl (C=O) groups is 1. The summed E-state index contributed by atoms with van der Waals surface area (Å²) in [5.41, 5.74) is 9.16. The number of hydrogen-bond acceptors (Lipinski definition) is 3. The van der Waals surface area contributed by atoms with Crippen molar-refractivity contribution in [2.24, 2.45) is 5.73 Å². The zero-order valence-corrected chi connectivity index (χ0v) is 12.2. The van der Waals surface area contributed by atoms with Crippen LogP contribution in [0.5, 0.6) is 5.75 Å². The fraction of sp³-hybridized carbons (Fsp3) is 0.235. The van der Waals surface area contributed by atoms with Gasteiger partial charge >= 0.3 is 5.97 Å². The Labute approximate surface area is 124 Å². The van der Waals surface area contributed by atoms with Crippen molar-refractivity contribution >= 4 is 5.97 Å². The summed E-state index contributed by atoms with van der Waals surface area (Å²) >= 11 is 0. The van der Waals surface area contributed by atoms with Crippen LogP contribution in [-0.2, 0) is 6.61 Å². The summed E-state index contributed by atoms with van der Waals surface area (Å²) in [4.78, 5) is 10.8. The molecule has 0 fully saturated rings. The van der Waals surface area contributed by atoms with E-state index in [1.165, 1.54) is 0 Å². The van der Waals surface area contributed by atoms with E-state index in [1.807, 2.05) is 32.0 Å². The molecule has 2 rings (SSSR count). The van der Waals surface area contributed by atoms with Crippen LogP contribution in [0.4, 0.5) is 0 Å². The van der Waals surface area contributed by atoms with E-state index >= 15 is 0 Å². The third-order valence-electron chi connectivity index (χ3n) is 3.32. The number of rotatable bonds is 5. The molecular weight excluding hydrogens is 266 g/mol. The summed E-state index contributed by atoms with van der Waals surface area (Å²) in [5.74, 6) is -0.119. The molecule has 0 heterocycles. The van der Waals surface area contributed by atoms with Crippen LogP contribution in [0.3, 0.4) is 0 Å². The lowest BCUT2D eigenvalue weighted by molar-refractivity contribution is 0.0697. The average molecular weight is 285 g/mol. The first-order chi connectivity index (χ1) is 9.97. The highest BCUT2D eigenvalue weighted by molar-refractivity contribution is 5.87. The van der Waals surface area contributed by atoms with Gasteiger partial charge in [-0.15, -0.1) is 0 Å². The van der Waals surface area contributed by atoms with Crippen LogP contribution in [0.1, 0.15) is 40.0 Å². The highest BCUT2D eigenvalue weighted by Crippen LogP contribution is 2.22. The van der Waals surface area contributed by atoms with Gasteiger partial charge in [0, 0.05) is 6.04 Å². The minimum atomic E-state index is -0.926. The van der Waals surface area contributed by atoms with Gasteiger partial charge in [-0.2, -0.15) is 0 Å². The van der Waals surface area contributed by atoms with Gasteiger partial charge in [-0.05, 0) is 48.7 Å². The Kier molecular flexibility index (Phi) is 4.60. The molecule has 0 aliphatic rings. The summed E-state index contributed by atoms with van der Waals surface area (Å²) < 4.78 is 5.77. The second kappa shape index (κ2) is 6.41. The standard InChI is InChI=1S/C17H19NO3/c1-11-9-15(12(2)18)7-8-16(11)21-10-13-3-5-14(6-4-13)17(19)20/h3-9,12H,10,18H2,1-2H3,(H,19,20)/t12-/m0/s1. The zero-order valence-electron chi connectivity index (χ0n) is 12.2. The molecule has 4 nitrogen and oxygen atoms in total. The second-order valence-electron chi connectivity index (χ2n) is 5.10. The predicted octanol–water partition coefficient (Wildman–Crippen LogP) is 3.29. The first kappa shape index (κ1) is 15.1. The molecule has 3 N–H and O–H groups in total. The predicted molar refractivity (Wildman–Crippen MR) is 81.5 cm³/mol. The van der Waals surface area contributed by atoms with Crippen LogP contribution in [-0.4, -0.2) is 11.1 Å². The molecule has 0 saturated heterocycles. The number of benzene rings is 2. The largest absolute Gasteiger partial charge is 0.489 e. The van der Waals surface area contributed by atoms with Crippen LogP contribution >= 0.6 is 0 Å². The molecule has 0 aliphatic carbocycles. The van der Waals surface area contributed by atoms with Gasteiger partial charge in [0.05, 0.1) is 5.56 Å². The molecule has 0 radical (unpaired) electrons. The van der Waals surface area contributed by atoms with E-state index in [-0.39, 0.29) is 11.6 Å². The molecule has 110 valence electrons. The van der Waals surface area contributed by atoms with Gasteiger partial charge < -0.3 is 15.6 Å². The molecule has 2 aromatic rings. The van der Waals surface area contributed by atoms with E-state index in [0.29, 0.717) is 6.61 Å². The van der Waals surface area contributed by atoms with Crippen molar-refractivity contribution in [3.63, 3.8) is 0 Å². The Bertz CT molecular complexity index is 633. The molecular formula is C17H19NO3. The SMILES string of the molecule is Cc1cc([C@H](C)N)ccc1OCc1ccc(C(=O)O)cc1. The average Bonchev–Trinajstić information content (AvgIpc) is 2.46. The van der Waals surface area contributed by atoms with E-state index in [9.17, 15) is 4.79 Å². The van der Waals surface area contributed by atoms with Gasteiger partial charge in [0.1, 0.15) is 12.4 Å². The van der Waals surface area contributed by atoms with Crippen molar-refractivity contribution in [1.29, 1.82) is 0 Å². The maximum Gasteiger partial charge on any atom is 0.335 e. The van der Waals surface area contributed by atoms with Crippen molar-refractivity contribution in [3.05, 3.63) is 64.7 Å². The van der Waals surface area contributed by atoms with E-state index in [4.69, 9.17) is 15.6 Å². The lowest BCUT2D eigenvalue weighted by atomic mass is 10.1. The molecule has 0 aliphatic heterocycles. The molecule has 0 bridgehead atoms. The Hall–Kier alpha value is -2.33. The molecule has 0 aromatic heterocycles. The number of aryl methyl sites for hydroxylation is 1. The van der Waals surface area contributed by atoms with Crippen molar-refractivity contribution in [2.75, 3.05) is 0 Å². The maximum absolute atomic E-state index is 10.8. The molecule has 0 saturated carbocycles. The summed E-state index contributed by atoms with van der Waals surface area (Å²) in [6.07, 6.45) is 0.